The minimum absolute atomic E-state index is 0.167. The predicted octanol–water partition coefficient (Wildman–Crippen LogP) is 1.80. The number of nitrogens with two attached hydrogens (primary N) is 1. The molecule has 1 atom stereocenters. The SMILES string of the molecule is CC(C)O.CC(C)O.CC(C)O.N[C@@H](Cc1ccccc1)C(=O)O. The van der Waals surface area contributed by atoms with Crippen molar-refractivity contribution in [3.8, 4) is 0 Å². The zero-order valence-electron chi connectivity index (χ0n) is 15.7. The number of aliphatic hydroxyl groups is 3. The summed E-state index contributed by atoms with van der Waals surface area (Å²) in [6, 6.07) is 8.54. The second-order valence-corrected chi connectivity index (χ2v) is 5.92. The zero-order valence-corrected chi connectivity index (χ0v) is 15.7. The summed E-state index contributed by atoms with van der Waals surface area (Å²) in [5.74, 6) is -0.959. The van der Waals surface area contributed by atoms with Gasteiger partial charge in [-0.15, -0.1) is 0 Å². The predicted molar refractivity (Wildman–Crippen MR) is 97.8 cm³/mol. The third-order valence-electron chi connectivity index (χ3n) is 1.62. The maximum Gasteiger partial charge on any atom is 0.320 e. The maximum atomic E-state index is 10.4. The number of aliphatic hydroxyl groups excluding tert-OH is 3. The molecule has 0 aliphatic heterocycles. The second-order valence-electron chi connectivity index (χ2n) is 5.92. The molecule has 0 spiro atoms. The molecule has 1 aromatic rings. The summed E-state index contributed by atoms with van der Waals surface area (Å²) in [6.07, 6.45) is -0.115. The third kappa shape index (κ3) is 37.1. The van der Waals surface area contributed by atoms with E-state index in [-0.39, 0.29) is 18.3 Å². The lowest BCUT2D eigenvalue weighted by Crippen LogP contribution is -2.32. The number of aliphatic carboxylic acids is 1. The molecule has 1 rings (SSSR count). The van der Waals surface area contributed by atoms with Crippen LogP contribution in [0.25, 0.3) is 0 Å². The lowest BCUT2D eigenvalue weighted by Gasteiger charge is -2.04. The molecule has 0 aliphatic rings. The summed E-state index contributed by atoms with van der Waals surface area (Å²) in [4.78, 5) is 10.4. The van der Waals surface area contributed by atoms with E-state index in [2.05, 4.69) is 0 Å². The van der Waals surface area contributed by atoms with Gasteiger partial charge in [-0.2, -0.15) is 0 Å². The number of carboxylic acid groups (broad SMARTS) is 1. The molecule has 0 aromatic heterocycles. The minimum atomic E-state index is -0.959. The van der Waals surface area contributed by atoms with Gasteiger partial charge in [0.2, 0.25) is 0 Å². The van der Waals surface area contributed by atoms with E-state index in [0.717, 1.165) is 5.56 Å². The molecule has 0 aliphatic carbocycles. The van der Waals surface area contributed by atoms with E-state index < -0.39 is 12.0 Å². The fourth-order valence-electron chi connectivity index (χ4n) is 0.955. The fourth-order valence-corrected chi connectivity index (χ4v) is 0.955. The van der Waals surface area contributed by atoms with Crippen molar-refractivity contribution >= 4 is 5.97 Å². The number of hydrogen-bond donors (Lipinski definition) is 5. The Morgan fingerprint density at radius 2 is 1.17 bits per heavy atom. The van der Waals surface area contributed by atoms with Crippen LogP contribution in [0.1, 0.15) is 47.1 Å². The standard InChI is InChI=1S/C9H11NO2.3C3H8O/c10-8(9(11)12)6-7-4-2-1-3-5-7;3*1-3(2)4/h1-5,8H,6,10H2,(H,11,12);3*3-4H,1-2H3/t8-;;;/m0.../s1. The average Bonchev–Trinajstić information content (AvgIpc) is 2.37. The van der Waals surface area contributed by atoms with Gasteiger partial charge in [-0.25, -0.2) is 0 Å². The van der Waals surface area contributed by atoms with Gasteiger partial charge in [0.05, 0.1) is 0 Å². The van der Waals surface area contributed by atoms with Gasteiger partial charge >= 0.3 is 5.97 Å². The van der Waals surface area contributed by atoms with Gasteiger partial charge in [0.25, 0.3) is 0 Å². The Morgan fingerprint density at radius 3 is 1.42 bits per heavy atom. The summed E-state index contributed by atoms with van der Waals surface area (Å²) in [6.45, 7) is 10.3. The molecule has 1 aromatic carbocycles. The van der Waals surface area contributed by atoms with E-state index in [4.69, 9.17) is 26.2 Å². The zero-order chi connectivity index (χ0) is 19.7. The first-order chi connectivity index (χ1) is 10.9. The molecule has 0 saturated carbocycles. The van der Waals surface area contributed by atoms with E-state index in [1.807, 2.05) is 30.3 Å². The number of hydrogen-bond acceptors (Lipinski definition) is 5. The lowest BCUT2D eigenvalue weighted by molar-refractivity contribution is -0.138. The molecular weight excluding hydrogens is 310 g/mol. The smallest absolute Gasteiger partial charge is 0.320 e. The molecule has 0 saturated heterocycles. The van der Waals surface area contributed by atoms with Crippen molar-refractivity contribution in [2.45, 2.75) is 72.3 Å². The van der Waals surface area contributed by atoms with Crippen LogP contribution in [0, 0.1) is 0 Å². The van der Waals surface area contributed by atoms with E-state index in [0.29, 0.717) is 6.42 Å². The van der Waals surface area contributed by atoms with Crippen LogP contribution in [0.2, 0.25) is 0 Å². The monoisotopic (exact) mass is 345 g/mol. The Bertz CT molecular complexity index is 358. The molecule has 6 N–H and O–H groups in total. The molecule has 6 nitrogen and oxygen atoms in total. The van der Waals surface area contributed by atoms with Crippen LogP contribution in [0.3, 0.4) is 0 Å². The molecule has 0 bridgehead atoms. The average molecular weight is 345 g/mol. The highest BCUT2D eigenvalue weighted by atomic mass is 16.4. The van der Waals surface area contributed by atoms with Crippen molar-refractivity contribution in [1.82, 2.24) is 0 Å². The molecule has 0 unspecified atom stereocenters. The lowest BCUT2D eigenvalue weighted by atomic mass is 10.1. The third-order valence-corrected chi connectivity index (χ3v) is 1.62. The highest BCUT2D eigenvalue weighted by Gasteiger charge is 2.10. The van der Waals surface area contributed by atoms with Crippen LogP contribution in [-0.4, -0.2) is 50.7 Å². The number of carbonyl (C=O) groups is 1. The van der Waals surface area contributed by atoms with Crippen LogP contribution in [-0.2, 0) is 11.2 Å². The van der Waals surface area contributed by atoms with Crippen LogP contribution in [0.15, 0.2) is 30.3 Å². The summed E-state index contributed by atoms with van der Waals surface area (Å²) in [7, 11) is 0. The van der Waals surface area contributed by atoms with Gasteiger partial charge < -0.3 is 26.2 Å². The van der Waals surface area contributed by atoms with Crippen LogP contribution in [0.4, 0.5) is 0 Å². The van der Waals surface area contributed by atoms with Crippen molar-refractivity contribution < 1.29 is 25.2 Å². The van der Waals surface area contributed by atoms with E-state index >= 15 is 0 Å². The summed E-state index contributed by atoms with van der Waals surface area (Å²) in [5, 5.41) is 32.7. The second kappa shape index (κ2) is 17.9. The maximum absolute atomic E-state index is 10.4. The highest BCUT2D eigenvalue weighted by Crippen LogP contribution is 2.01. The van der Waals surface area contributed by atoms with Crippen LogP contribution >= 0.6 is 0 Å². The van der Waals surface area contributed by atoms with E-state index in [9.17, 15) is 4.79 Å². The molecule has 0 amide bonds. The van der Waals surface area contributed by atoms with Crippen molar-refractivity contribution in [2.75, 3.05) is 0 Å². The van der Waals surface area contributed by atoms with E-state index in [1.165, 1.54) is 0 Å². The Morgan fingerprint density at radius 1 is 0.875 bits per heavy atom. The van der Waals surface area contributed by atoms with Crippen LogP contribution in [0.5, 0.6) is 0 Å². The van der Waals surface area contributed by atoms with Crippen molar-refractivity contribution in [1.29, 1.82) is 0 Å². The quantitative estimate of drug-likeness (QED) is 0.569. The van der Waals surface area contributed by atoms with Crippen LogP contribution < -0.4 is 5.73 Å². The molecule has 0 radical (unpaired) electrons. The van der Waals surface area contributed by atoms with Crippen molar-refractivity contribution in [2.24, 2.45) is 5.73 Å². The van der Waals surface area contributed by atoms with Gasteiger partial charge in [0.1, 0.15) is 6.04 Å². The summed E-state index contributed by atoms with van der Waals surface area (Å²) in [5.41, 5.74) is 6.30. The molecular formula is C18H35NO5. The topological polar surface area (TPSA) is 124 Å². The number of rotatable bonds is 3. The Kier molecular flexibility index (Phi) is 20.4. The first kappa shape index (κ1) is 27.4. The van der Waals surface area contributed by atoms with Crippen molar-refractivity contribution in [3.63, 3.8) is 0 Å². The first-order valence-electron chi connectivity index (χ1n) is 7.96. The minimum Gasteiger partial charge on any atom is -0.480 e. The Balaban J connectivity index is -0.000000304. The number of carboxylic acids is 1. The van der Waals surface area contributed by atoms with E-state index in [1.54, 1.807) is 41.5 Å². The molecule has 142 valence electrons. The van der Waals surface area contributed by atoms with Gasteiger partial charge in [-0.1, -0.05) is 30.3 Å². The molecule has 0 heterocycles. The fraction of sp³-hybridized carbons (Fsp3) is 0.611. The Labute approximate surface area is 146 Å². The molecule has 0 fully saturated rings. The summed E-state index contributed by atoms with van der Waals surface area (Å²) >= 11 is 0. The molecule has 6 heteroatoms. The van der Waals surface area contributed by atoms with Gasteiger partial charge in [0.15, 0.2) is 0 Å². The Hall–Kier alpha value is -1.47. The highest BCUT2D eigenvalue weighted by molar-refractivity contribution is 5.73. The van der Waals surface area contributed by atoms with Gasteiger partial charge in [-0.05, 0) is 53.5 Å². The van der Waals surface area contributed by atoms with Crippen molar-refractivity contribution in [3.05, 3.63) is 35.9 Å². The van der Waals surface area contributed by atoms with Gasteiger partial charge in [-0.3, -0.25) is 4.79 Å². The normalized spacial score (nSPS) is 10.7. The summed E-state index contributed by atoms with van der Waals surface area (Å²) < 4.78 is 0. The van der Waals surface area contributed by atoms with Gasteiger partial charge in [0, 0.05) is 18.3 Å². The number of benzene rings is 1. The largest absolute Gasteiger partial charge is 0.480 e. The molecule has 24 heavy (non-hydrogen) atoms. The first-order valence-corrected chi connectivity index (χ1v) is 7.96.